The van der Waals surface area contributed by atoms with E-state index in [1.165, 1.54) is 0 Å². The Labute approximate surface area is 144 Å². The van der Waals surface area contributed by atoms with Crippen LogP contribution in [-0.2, 0) is 0 Å². The molecule has 1 N–H and O–H groups in total. The van der Waals surface area contributed by atoms with Crippen LogP contribution in [-0.4, -0.2) is 46.3 Å². The van der Waals surface area contributed by atoms with Crippen molar-refractivity contribution in [3.63, 3.8) is 0 Å². The summed E-state index contributed by atoms with van der Waals surface area (Å²) in [6.07, 6.45) is 0. The minimum atomic E-state index is 0.0973. The van der Waals surface area contributed by atoms with E-state index in [-0.39, 0.29) is 11.9 Å². The summed E-state index contributed by atoms with van der Waals surface area (Å²) in [4.78, 5) is 14.6. The van der Waals surface area contributed by atoms with Crippen molar-refractivity contribution in [3.8, 4) is 5.69 Å². The van der Waals surface area contributed by atoms with Gasteiger partial charge in [0.25, 0.3) is 5.91 Å². The number of hydrogen-bond acceptors (Lipinski definition) is 3. The summed E-state index contributed by atoms with van der Waals surface area (Å²) < 4.78 is 2.91. The number of carbonyl (C=O) groups excluding carboxylic acids is 1. The van der Waals surface area contributed by atoms with E-state index in [9.17, 15) is 4.79 Å². The molecule has 23 heavy (non-hydrogen) atoms. The summed E-state index contributed by atoms with van der Waals surface area (Å²) in [5.74, 6) is 0.0973. The van der Waals surface area contributed by atoms with Gasteiger partial charge < -0.3 is 10.2 Å². The third kappa shape index (κ3) is 3.05. The lowest BCUT2D eigenvalue weighted by atomic mass is 10.1. The molecule has 6 heteroatoms. The van der Waals surface area contributed by atoms with Gasteiger partial charge in [0.05, 0.1) is 21.5 Å². The lowest BCUT2D eigenvalue weighted by Crippen LogP contribution is -2.52. The average molecular weight is 377 g/mol. The molecule has 0 spiro atoms. The normalized spacial score (nSPS) is 18.3. The Kier molecular flexibility index (Phi) is 4.55. The molecule has 1 fully saturated rings. The second kappa shape index (κ2) is 6.45. The van der Waals surface area contributed by atoms with Gasteiger partial charge >= 0.3 is 0 Å². The fourth-order valence-electron chi connectivity index (χ4n) is 2.93. The van der Waals surface area contributed by atoms with Crippen LogP contribution in [0.2, 0.25) is 0 Å². The molecule has 122 valence electrons. The smallest absolute Gasteiger partial charge is 0.254 e. The average Bonchev–Trinajstić information content (AvgIpc) is 2.82. The van der Waals surface area contributed by atoms with E-state index < -0.39 is 0 Å². The summed E-state index contributed by atoms with van der Waals surface area (Å²) in [6.45, 7) is 8.53. The third-order valence-corrected chi connectivity index (χ3v) is 5.47. The van der Waals surface area contributed by atoms with Crippen LogP contribution in [0.5, 0.6) is 0 Å². The highest BCUT2D eigenvalue weighted by Crippen LogP contribution is 2.23. The summed E-state index contributed by atoms with van der Waals surface area (Å²) >= 11 is 3.54. The molecule has 3 rings (SSSR count). The molecule has 1 aliphatic heterocycles. The molecule has 1 saturated heterocycles. The van der Waals surface area contributed by atoms with Crippen LogP contribution in [0.25, 0.3) is 5.69 Å². The van der Waals surface area contributed by atoms with Crippen LogP contribution in [0.4, 0.5) is 0 Å². The number of piperazine rings is 1. The van der Waals surface area contributed by atoms with Crippen molar-refractivity contribution in [1.29, 1.82) is 0 Å². The fourth-order valence-corrected chi connectivity index (χ4v) is 3.18. The maximum atomic E-state index is 12.7. The second-order valence-electron chi connectivity index (χ2n) is 6.00. The maximum absolute atomic E-state index is 12.7. The first kappa shape index (κ1) is 16.2. The molecule has 0 saturated carbocycles. The molecule has 0 aliphatic carbocycles. The molecule has 0 bridgehead atoms. The SMILES string of the molecule is Cc1nn(-c2ccc(C(=O)N3CCNC[C@H]3C)cc2)c(C)c1Br. The van der Waals surface area contributed by atoms with Crippen molar-refractivity contribution in [2.45, 2.75) is 26.8 Å². The molecule has 2 heterocycles. The quantitative estimate of drug-likeness (QED) is 0.876. The van der Waals surface area contributed by atoms with Crippen LogP contribution in [0.15, 0.2) is 28.7 Å². The molecular formula is C17H21BrN4O. The molecule has 1 atom stereocenters. The van der Waals surface area contributed by atoms with E-state index in [1.807, 2.05) is 47.7 Å². The highest BCUT2D eigenvalue weighted by molar-refractivity contribution is 9.10. The van der Waals surface area contributed by atoms with E-state index in [0.717, 1.165) is 46.7 Å². The topological polar surface area (TPSA) is 50.2 Å². The minimum absolute atomic E-state index is 0.0973. The minimum Gasteiger partial charge on any atom is -0.333 e. The number of nitrogens with one attached hydrogen (secondary N) is 1. The Balaban J connectivity index is 1.84. The van der Waals surface area contributed by atoms with E-state index in [1.54, 1.807) is 0 Å². The van der Waals surface area contributed by atoms with E-state index >= 15 is 0 Å². The van der Waals surface area contributed by atoms with Gasteiger partial charge in [0.15, 0.2) is 0 Å². The first-order valence-corrected chi connectivity index (χ1v) is 8.62. The largest absolute Gasteiger partial charge is 0.333 e. The van der Waals surface area contributed by atoms with Crippen molar-refractivity contribution < 1.29 is 4.79 Å². The van der Waals surface area contributed by atoms with Gasteiger partial charge in [0.1, 0.15) is 0 Å². The van der Waals surface area contributed by atoms with Gasteiger partial charge in [-0.05, 0) is 61.0 Å². The standard InChI is InChI=1S/C17H21BrN4O/c1-11-10-19-8-9-21(11)17(23)14-4-6-15(7-5-14)22-13(3)16(18)12(2)20-22/h4-7,11,19H,8-10H2,1-3H3/t11-/m1/s1. The predicted molar refractivity (Wildman–Crippen MR) is 94.1 cm³/mol. The Morgan fingerprint density at radius 1 is 1.30 bits per heavy atom. The zero-order valence-corrected chi connectivity index (χ0v) is 15.2. The van der Waals surface area contributed by atoms with Crippen LogP contribution in [0.1, 0.15) is 28.7 Å². The number of aryl methyl sites for hydroxylation is 1. The van der Waals surface area contributed by atoms with Crippen molar-refractivity contribution in [2.75, 3.05) is 19.6 Å². The van der Waals surface area contributed by atoms with Gasteiger partial charge in [0.2, 0.25) is 0 Å². The number of amides is 1. The number of aromatic nitrogens is 2. The summed E-state index contributed by atoms with van der Waals surface area (Å²) in [7, 11) is 0. The Bertz CT molecular complexity index is 723. The number of halogens is 1. The lowest BCUT2D eigenvalue weighted by molar-refractivity contribution is 0.0656. The summed E-state index contributed by atoms with van der Waals surface area (Å²) in [5, 5.41) is 7.83. The zero-order chi connectivity index (χ0) is 16.6. The van der Waals surface area contributed by atoms with Crippen molar-refractivity contribution in [1.82, 2.24) is 20.0 Å². The Morgan fingerprint density at radius 2 is 2.00 bits per heavy atom. The highest BCUT2D eigenvalue weighted by Gasteiger charge is 2.24. The zero-order valence-electron chi connectivity index (χ0n) is 13.6. The van der Waals surface area contributed by atoms with Gasteiger partial charge in [-0.15, -0.1) is 0 Å². The molecule has 0 unspecified atom stereocenters. The molecule has 1 amide bonds. The first-order valence-electron chi connectivity index (χ1n) is 7.83. The molecule has 1 aromatic carbocycles. The maximum Gasteiger partial charge on any atom is 0.254 e. The Morgan fingerprint density at radius 3 is 2.57 bits per heavy atom. The second-order valence-corrected chi connectivity index (χ2v) is 6.79. The highest BCUT2D eigenvalue weighted by atomic mass is 79.9. The first-order chi connectivity index (χ1) is 11.0. The van der Waals surface area contributed by atoms with Gasteiger partial charge in [0, 0.05) is 31.2 Å². The van der Waals surface area contributed by atoms with Crippen molar-refractivity contribution in [3.05, 3.63) is 45.7 Å². The third-order valence-electron chi connectivity index (χ3n) is 4.32. The summed E-state index contributed by atoms with van der Waals surface area (Å²) in [5.41, 5.74) is 3.69. The molecule has 2 aromatic rings. The van der Waals surface area contributed by atoms with E-state index in [0.29, 0.717) is 0 Å². The van der Waals surface area contributed by atoms with Crippen LogP contribution >= 0.6 is 15.9 Å². The monoisotopic (exact) mass is 376 g/mol. The van der Waals surface area contributed by atoms with Gasteiger partial charge in [-0.25, -0.2) is 4.68 Å². The molecule has 5 nitrogen and oxygen atoms in total. The number of carbonyl (C=O) groups is 1. The van der Waals surface area contributed by atoms with Gasteiger partial charge in [-0.3, -0.25) is 4.79 Å². The predicted octanol–water partition coefficient (Wildman–Crippen LogP) is 2.69. The molecule has 1 aromatic heterocycles. The van der Waals surface area contributed by atoms with Crippen molar-refractivity contribution >= 4 is 21.8 Å². The Hall–Kier alpha value is -1.66. The van der Waals surface area contributed by atoms with Crippen LogP contribution in [0, 0.1) is 13.8 Å². The summed E-state index contributed by atoms with van der Waals surface area (Å²) in [6, 6.07) is 7.90. The lowest BCUT2D eigenvalue weighted by Gasteiger charge is -2.34. The number of benzene rings is 1. The fraction of sp³-hybridized carbons (Fsp3) is 0.412. The number of hydrogen-bond donors (Lipinski definition) is 1. The molecular weight excluding hydrogens is 356 g/mol. The van der Waals surface area contributed by atoms with Crippen LogP contribution in [0.3, 0.4) is 0 Å². The van der Waals surface area contributed by atoms with Crippen LogP contribution < -0.4 is 5.32 Å². The molecule has 1 aliphatic rings. The number of nitrogens with zero attached hydrogens (tertiary/aromatic N) is 3. The van der Waals surface area contributed by atoms with E-state index in [2.05, 4.69) is 33.3 Å². The number of rotatable bonds is 2. The van der Waals surface area contributed by atoms with Gasteiger partial charge in [-0.1, -0.05) is 0 Å². The van der Waals surface area contributed by atoms with E-state index in [4.69, 9.17) is 0 Å². The van der Waals surface area contributed by atoms with Gasteiger partial charge in [-0.2, -0.15) is 5.10 Å². The van der Waals surface area contributed by atoms with Crippen molar-refractivity contribution in [2.24, 2.45) is 0 Å². The molecule has 0 radical (unpaired) electrons.